The Kier molecular flexibility index (Phi) is 3.82. The van der Waals surface area contributed by atoms with Crippen LogP contribution < -0.4 is 5.32 Å². The summed E-state index contributed by atoms with van der Waals surface area (Å²) in [4.78, 5) is 12.8. The highest BCUT2D eigenvalue weighted by Crippen LogP contribution is 2.62. The van der Waals surface area contributed by atoms with Crippen molar-refractivity contribution in [1.29, 1.82) is 0 Å². The van der Waals surface area contributed by atoms with E-state index in [1.807, 2.05) is 0 Å². The summed E-state index contributed by atoms with van der Waals surface area (Å²) in [5.74, 6) is 1.97. The van der Waals surface area contributed by atoms with Crippen LogP contribution in [0.4, 0.5) is 0 Å². The first kappa shape index (κ1) is 16.6. The standard InChI is InChI=1S/C22H30N2O2/c1-14(25)22-10-16(22)8-6-4-2-3-5-7-9-18-19(22)21(26)20-17-12-23-11-15(17)13-24(18)20/h6,8,15-17,23,26H,2-5,7,9-13H2,1H3. The number of aromatic nitrogens is 1. The van der Waals surface area contributed by atoms with Gasteiger partial charge in [-0.15, -0.1) is 0 Å². The molecular weight excluding hydrogens is 324 g/mol. The predicted molar refractivity (Wildman–Crippen MR) is 102 cm³/mol. The van der Waals surface area contributed by atoms with E-state index in [2.05, 4.69) is 22.0 Å². The number of nitrogens with zero attached hydrogens (tertiary/aromatic N) is 1. The van der Waals surface area contributed by atoms with E-state index in [0.29, 0.717) is 17.6 Å². The van der Waals surface area contributed by atoms with Crippen LogP contribution in [0, 0.1) is 11.8 Å². The second kappa shape index (κ2) is 5.98. The van der Waals surface area contributed by atoms with Crippen LogP contribution in [-0.2, 0) is 23.2 Å². The Morgan fingerprint density at radius 1 is 1.27 bits per heavy atom. The fourth-order valence-corrected chi connectivity index (χ4v) is 6.02. The Labute approximate surface area is 155 Å². The van der Waals surface area contributed by atoms with Crippen molar-refractivity contribution < 1.29 is 9.90 Å². The largest absolute Gasteiger partial charge is 0.506 e. The third-order valence-electron chi connectivity index (χ3n) is 7.48. The monoisotopic (exact) mass is 354 g/mol. The molecule has 2 N–H and O–H groups in total. The molecule has 1 aromatic rings. The molecule has 1 saturated carbocycles. The van der Waals surface area contributed by atoms with Gasteiger partial charge in [-0.05, 0) is 50.9 Å². The van der Waals surface area contributed by atoms with E-state index in [1.165, 1.54) is 25.0 Å². The first-order valence-electron chi connectivity index (χ1n) is 10.5. The van der Waals surface area contributed by atoms with Crippen LogP contribution in [0.5, 0.6) is 5.75 Å². The fourth-order valence-electron chi connectivity index (χ4n) is 6.02. The molecule has 0 aromatic carbocycles. The number of aromatic hydroxyl groups is 1. The molecule has 1 aromatic heterocycles. The second-order valence-electron chi connectivity index (χ2n) is 8.91. The van der Waals surface area contributed by atoms with Crippen LogP contribution >= 0.6 is 0 Å². The molecule has 3 heterocycles. The van der Waals surface area contributed by atoms with Gasteiger partial charge in [-0.1, -0.05) is 25.0 Å². The number of hydrogen-bond donors (Lipinski definition) is 2. The molecule has 1 saturated heterocycles. The molecule has 5 rings (SSSR count). The highest BCUT2D eigenvalue weighted by atomic mass is 16.3. The molecule has 4 nitrogen and oxygen atoms in total. The van der Waals surface area contributed by atoms with Crippen LogP contribution in [0.15, 0.2) is 12.2 Å². The Morgan fingerprint density at radius 2 is 2.12 bits per heavy atom. The lowest BCUT2D eigenvalue weighted by atomic mass is 9.85. The van der Waals surface area contributed by atoms with Crippen molar-refractivity contribution in [2.75, 3.05) is 13.1 Å². The van der Waals surface area contributed by atoms with E-state index in [-0.39, 0.29) is 11.7 Å². The van der Waals surface area contributed by atoms with Gasteiger partial charge in [0, 0.05) is 36.8 Å². The quantitative estimate of drug-likeness (QED) is 0.760. The summed E-state index contributed by atoms with van der Waals surface area (Å²) < 4.78 is 2.41. The average Bonchev–Trinajstić information content (AvgIpc) is 2.88. The van der Waals surface area contributed by atoms with Crippen LogP contribution in [0.2, 0.25) is 0 Å². The van der Waals surface area contributed by atoms with Gasteiger partial charge in [0.05, 0.1) is 11.1 Å². The molecule has 0 amide bonds. The summed E-state index contributed by atoms with van der Waals surface area (Å²) in [6, 6.07) is 0. The molecule has 2 aliphatic heterocycles. The zero-order chi connectivity index (χ0) is 17.9. The molecule has 140 valence electrons. The second-order valence-corrected chi connectivity index (χ2v) is 8.91. The normalized spacial score (nSPS) is 35.7. The number of carbonyl (C=O) groups is 1. The van der Waals surface area contributed by atoms with Crippen molar-refractivity contribution in [3.05, 3.63) is 29.1 Å². The number of rotatable bonds is 1. The summed E-state index contributed by atoms with van der Waals surface area (Å²) >= 11 is 0. The minimum absolute atomic E-state index is 0.228. The van der Waals surface area contributed by atoms with Crippen molar-refractivity contribution in [3.63, 3.8) is 0 Å². The van der Waals surface area contributed by atoms with Gasteiger partial charge < -0.3 is 15.0 Å². The van der Waals surface area contributed by atoms with Crippen molar-refractivity contribution in [1.82, 2.24) is 9.88 Å². The number of carbonyl (C=O) groups excluding carboxylic acids is 1. The number of nitrogens with one attached hydrogen (secondary N) is 1. The Hall–Kier alpha value is -1.55. The summed E-state index contributed by atoms with van der Waals surface area (Å²) in [5.41, 5.74) is 2.93. The third kappa shape index (κ3) is 2.20. The lowest BCUT2D eigenvalue weighted by Crippen LogP contribution is -2.22. The van der Waals surface area contributed by atoms with E-state index in [1.54, 1.807) is 6.92 Å². The average molecular weight is 354 g/mol. The van der Waals surface area contributed by atoms with Crippen LogP contribution in [0.25, 0.3) is 0 Å². The molecule has 0 spiro atoms. The molecular formula is C22H30N2O2. The van der Waals surface area contributed by atoms with Gasteiger partial charge in [0.15, 0.2) is 0 Å². The minimum atomic E-state index is -0.464. The SMILES string of the molecule is CC(=O)C12CC1C=CCCCCCCc1c2c(O)c2n1CC1CNCC21. The fraction of sp³-hybridized carbons (Fsp3) is 0.682. The van der Waals surface area contributed by atoms with Gasteiger partial charge in [-0.25, -0.2) is 0 Å². The van der Waals surface area contributed by atoms with Crippen molar-refractivity contribution in [3.8, 4) is 5.75 Å². The third-order valence-corrected chi connectivity index (χ3v) is 7.48. The maximum absolute atomic E-state index is 12.8. The first-order valence-corrected chi connectivity index (χ1v) is 10.5. The summed E-state index contributed by atoms with van der Waals surface area (Å²) in [5, 5.41) is 14.8. The molecule has 4 unspecified atom stereocenters. The Morgan fingerprint density at radius 3 is 2.96 bits per heavy atom. The van der Waals surface area contributed by atoms with E-state index in [9.17, 15) is 9.90 Å². The first-order chi connectivity index (χ1) is 12.6. The Bertz CT molecular complexity index is 778. The lowest BCUT2D eigenvalue weighted by Gasteiger charge is -2.19. The van der Waals surface area contributed by atoms with E-state index < -0.39 is 5.41 Å². The van der Waals surface area contributed by atoms with E-state index >= 15 is 0 Å². The van der Waals surface area contributed by atoms with Crippen LogP contribution in [0.1, 0.15) is 68.3 Å². The lowest BCUT2D eigenvalue weighted by molar-refractivity contribution is -0.119. The van der Waals surface area contributed by atoms with Gasteiger partial charge in [-0.3, -0.25) is 4.79 Å². The van der Waals surface area contributed by atoms with Crippen LogP contribution in [-0.4, -0.2) is 28.5 Å². The van der Waals surface area contributed by atoms with Crippen molar-refractivity contribution in [2.45, 2.75) is 69.7 Å². The van der Waals surface area contributed by atoms with Crippen molar-refractivity contribution in [2.24, 2.45) is 11.8 Å². The summed E-state index contributed by atoms with van der Waals surface area (Å²) in [6.07, 6.45) is 12.4. The highest BCUT2D eigenvalue weighted by Gasteiger charge is 2.61. The van der Waals surface area contributed by atoms with Gasteiger partial charge in [0.2, 0.25) is 0 Å². The zero-order valence-electron chi connectivity index (χ0n) is 15.8. The topological polar surface area (TPSA) is 54.3 Å². The number of hydrogen-bond acceptors (Lipinski definition) is 3. The summed E-state index contributed by atoms with van der Waals surface area (Å²) in [6.45, 7) is 4.73. The molecule has 26 heavy (non-hydrogen) atoms. The summed E-state index contributed by atoms with van der Waals surface area (Å²) in [7, 11) is 0. The van der Waals surface area contributed by atoms with E-state index in [0.717, 1.165) is 56.6 Å². The zero-order valence-corrected chi connectivity index (χ0v) is 15.8. The number of Topliss-reactive ketones (excluding diaryl/α,β-unsaturated/α-hetero) is 1. The van der Waals surface area contributed by atoms with Gasteiger partial charge in [0.1, 0.15) is 11.5 Å². The van der Waals surface area contributed by atoms with Gasteiger partial charge in [-0.2, -0.15) is 0 Å². The molecule has 2 fully saturated rings. The van der Waals surface area contributed by atoms with Gasteiger partial charge >= 0.3 is 0 Å². The molecule has 0 radical (unpaired) electrons. The van der Waals surface area contributed by atoms with Crippen molar-refractivity contribution >= 4 is 5.78 Å². The number of fused-ring (bicyclic) bond motifs is 7. The molecule has 4 heteroatoms. The predicted octanol–water partition coefficient (Wildman–Crippen LogP) is 3.42. The van der Waals surface area contributed by atoms with Crippen LogP contribution in [0.3, 0.4) is 0 Å². The molecule has 2 aliphatic carbocycles. The van der Waals surface area contributed by atoms with E-state index in [4.69, 9.17) is 0 Å². The maximum Gasteiger partial charge on any atom is 0.141 e. The molecule has 4 atom stereocenters. The Balaban J connectivity index is 1.65. The smallest absolute Gasteiger partial charge is 0.141 e. The minimum Gasteiger partial charge on any atom is -0.506 e. The maximum atomic E-state index is 12.8. The molecule has 0 bridgehead atoms. The highest BCUT2D eigenvalue weighted by molar-refractivity contribution is 5.94. The number of ketones is 1. The number of allylic oxidation sites excluding steroid dienone is 2. The molecule has 4 aliphatic rings. The van der Waals surface area contributed by atoms with Gasteiger partial charge in [0.25, 0.3) is 0 Å².